The van der Waals surface area contributed by atoms with E-state index in [1.807, 2.05) is 0 Å². The number of rotatable bonds is 9. The summed E-state index contributed by atoms with van der Waals surface area (Å²) in [5.74, 6) is -8.08. The van der Waals surface area contributed by atoms with Crippen molar-refractivity contribution in [2.75, 3.05) is 32.7 Å². The van der Waals surface area contributed by atoms with Crippen LogP contribution in [0, 0.1) is 18.6 Å². The molecule has 3 heterocycles. The topological polar surface area (TPSA) is 239 Å². The molecule has 3 atom stereocenters. The Labute approximate surface area is 272 Å². The molecule has 0 radical (unpaired) electrons. The first-order chi connectivity index (χ1) is 22.8. The molecule has 3 aliphatic heterocycles. The third-order valence-corrected chi connectivity index (χ3v) is 8.51. The fraction of sp³-hybridized carbons (Fsp3) is 0.414. The maximum absolute atomic E-state index is 14.6. The van der Waals surface area contributed by atoms with E-state index >= 15 is 0 Å². The number of hydrogen-bond acceptors (Lipinski definition) is 10. The molecule has 2 saturated heterocycles. The largest absolute Gasteiger partial charge is 0.549 e. The number of urea groups is 2. The van der Waals surface area contributed by atoms with Crippen molar-refractivity contribution >= 4 is 36.9 Å². The minimum Gasteiger partial charge on any atom is -0.534 e. The summed E-state index contributed by atoms with van der Waals surface area (Å²) in [7, 11) is -1.82. The van der Waals surface area contributed by atoms with Crippen molar-refractivity contribution in [1.29, 1.82) is 0 Å². The molecule has 0 aromatic heterocycles. The van der Waals surface area contributed by atoms with Gasteiger partial charge in [-0.3, -0.25) is 9.79 Å². The van der Waals surface area contributed by atoms with Gasteiger partial charge in [0.2, 0.25) is 5.91 Å². The number of aromatic carboxylic acids is 1. The van der Waals surface area contributed by atoms with E-state index in [0.717, 1.165) is 30.0 Å². The van der Waals surface area contributed by atoms with Crippen LogP contribution < -0.4 is 26.3 Å². The summed E-state index contributed by atoms with van der Waals surface area (Å²) in [6, 6.07) is -0.498. The van der Waals surface area contributed by atoms with Gasteiger partial charge in [0, 0.05) is 31.7 Å². The summed E-state index contributed by atoms with van der Waals surface area (Å²) < 4.78 is 34.1. The van der Waals surface area contributed by atoms with Crippen LogP contribution in [0.15, 0.2) is 23.2 Å². The van der Waals surface area contributed by atoms with E-state index in [2.05, 4.69) is 20.9 Å². The number of halogens is 2. The van der Waals surface area contributed by atoms with Gasteiger partial charge in [0.15, 0.2) is 17.3 Å². The number of phenols is 2. The zero-order chi connectivity index (χ0) is 34.9. The monoisotopic (exact) mass is 673 g/mol. The van der Waals surface area contributed by atoms with Crippen LogP contribution in [-0.2, 0) is 11.2 Å². The number of amides is 5. The molecule has 0 spiro atoms. The molecule has 0 aliphatic carbocycles. The van der Waals surface area contributed by atoms with E-state index in [1.165, 1.54) is 17.9 Å². The lowest BCUT2D eigenvalue weighted by atomic mass is 9.72. The second kappa shape index (κ2) is 13.9. The van der Waals surface area contributed by atoms with Crippen LogP contribution in [0.5, 0.6) is 17.2 Å². The van der Waals surface area contributed by atoms with E-state index in [4.69, 9.17) is 10.4 Å². The molecule has 2 aromatic carbocycles. The standard InChI is InChI=1S/C29H34BF2N7O9/c1-13-15(12-17(32)23(41)22(13)40)21(25(33)36-19-11-14-4-5-16(31)20(27(43)44)24(14)48-30(19)47)37-28(45)39-10-9-38(29(39)46)8-7-35-26(42)18-3-2-6-34-18/h4-5,12,18-19,21,34,40-41,47H,2-3,6-11H2,1H3,(H2,33,36)(H,35,42)(H,37,45)(H,43,44)/t18-,19-,21?/m0/s1. The van der Waals surface area contributed by atoms with Gasteiger partial charge in [-0.1, -0.05) is 6.07 Å². The molecule has 5 amide bonds. The van der Waals surface area contributed by atoms with E-state index < -0.39 is 77.4 Å². The molecular weight excluding hydrogens is 639 g/mol. The van der Waals surface area contributed by atoms with Gasteiger partial charge in [-0.05, 0) is 56.0 Å². The second-order valence-electron chi connectivity index (χ2n) is 11.6. The quantitative estimate of drug-likeness (QED) is 0.0770. The number of carboxylic acid groups (broad SMARTS) is 1. The third kappa shape index (κ3) is 6.77. The van der Waals surface area contributed by atoms with Gasteiger partial charge in [-0.15, -0.1) is 0 Å². The van der Waals surface area contributed by atoms with E-state index in [9.17, 15) is 48.3 Å². The molecule has 1 unspecified atom stereocenters. The van der Waals surface area contributed by atoms with Crippen LogP contribution in [-0.4, -0.2) is 112 Å². The van der Waals surface area contributed by atoms with Gasteiger partial charge in [0.05, 0.1) is 6.04 Å². The number of imide groups is 1. The fourth-order valence-electron chi connectivity index (χ4n) is 5.87. The molecule has 3 aliphatic rings. The molecule has 48 heavy (non-hydrogen) atoms. The van der Waals surface area contributed by atoms with Crippen molar-refractivity contribution in [1.82, 2.24) is 25.8 Å². The van der Waals surface area contributed by atoms with Crippen LogP contribution in [0.2, 0.25) is 0 Å². The van der Waals surface area contributed by atoms with Gasteiger partial charge < -0.3 is 51.6 Å². The van der Waals surface area contributed by atoms with Crippen LogP contribution in [0.3, 0.4) is 0 Å². The number of aromatic hydroxyl groups is 2. The Bertz CT molecular complexity index is 1670. The van der Waals surface area contributed by atoms with Crippen molar-refractivity contribution in [3.05, 3.63) is 52.1 Å². The number of fused-ring (bicyclic) bond motifs is 1. The average molecular weight is 673 g/mol. The highest BCUT2D eigenvalue weighted by atomic mass is 19.1. The van der Waals surface area contributed by atoms with E-state index in [1.54, 1.807) is 0 Å². The lowest BCUT2D eigenvalue weighted by molar-refractivity contribution is -0.122. The Morgan fingerprint density at radius 1 is 1.21 bits per heavy atom. The highest BCUT2D eigenvalue weighted by molar-refractivity contribution is 6.47. The van der Waals surface area contributed by atoms with Crippen LogP contribution in [0.1, 0.15) is 45.9 Å². The van der Waals surface area contributed by atoms with Gasteiger partial charge in [-0.2, -0.15) is 0 Å². The molecule has 19 heteroatoms. The number of nitrogens with zero attached hydrogens (tertiary/aromatic N) is 3. The number of aliphatic imine (C=N–C) groups is 1. The molecule has 2 aromatic rings. The predicted octanol–water partition coefficient (Wildman–Crippen LogP) is 0.120. The zero-order valence-corrected chi connectivity index (χ0v) is 25.7. The molecule has 16 nitrogen and oxygen atoms in total. The maximum Gasteiger partial charge on any atom is 0.549 e. The molecule has 9 N–H and O–H groups in total. The van der Waals surface area contributed by atoms with Crippen LogP contribution in [0.4, 0.5) is 18.4 Å². The lowest BCUT2D eigenvalue weighted by Crippen LogP contribution is -2.49. The Balaban J connectivity index is 1.36. The third-order valence-electron chi connectivity index (χ3n) is 8.51. The average Bonchev–Trinajstić information content (AvgIpc) is 3.71. The summed E-state index contributed by atoms with van der Waals surface area (Å²) in [4.78, 5) is 56.9. The van der Waals surface area contributed by atoms with Crippen LogP contribution in [0.25, 0.3) is 0 Å². The normalized spacial score (nSPS) is 20.0. The maximum atomic E-state index is 14.6. The molecule has 2 fully saturated rings. The Hall–Kier alpha value is -5.17. The van der Waals surface area contributed by atoms with Gasteiger partial charge in [0.25, 0.3) is 0 Å². The van der Waals surface area contributed by atoms with Crippen molar-refractivity contribution in [2.24, 2.45) is 10.7 Å². The predicted molar refractivity (Wildman–Crippen MR) is 165 cm³/mol. The molecule has 256 valence electrons. The number of hydrogen-bond donors (Lipinski definition) is 8. The van der Waals surface area contributed by atoms with Gasteiger partial charge in [-0.25, -0.2) is 28.1 Å². The summed E-state index contributed by atoms with van der Waals surface area (Å²) in [6.45, 7) is 2.44. The Morgan fingerprint density at radius 2 is 1.96 bits per heavy atom. The smallest absolute Gasteiger partial charge is 0.534 e. The fourth-order valence-corrected chi connectivity index (χ4v) is 5.87. The molecule has 5 rings (SSSR count). The highest BCUT2D eigenvalue weighted by Crippen LogP contribution is 2.37. The lowest BCUT2D eigenvalue weighted by Gasteiger charge is -2.28. The summed E-state index contributed by atoms with van der Waals surface area (Å²) in [5, 5.41) is 48.7. The number of nitrogens with one attached hydrogen (secondary N) is 3. The highest BCUT2D eigenvalue weighted by Gasteiger charge is 2.40. The molecule has 0 saturated carbocycles. The summed E-state index contributed by atoms with van der Waals surface area (Å²) in [6.07, 6.45) is 1.42. The SMILES string of the molecule is Cc1c(C(NC(=O)N2CCN(CCNC(=O)[C@@H]3CCCN3)C2=O)/C(N)=N/[C@H]2Cc3ccc(F)c(C(=O)O)c3OB2O)cc(F)c(O)c1O. The summed E-state index contributed by atoms with van der Waals surface area (Å²) in [5.41, 5.74) is 5.48. The number of carboxylic acids is 1. The first-order valence-electron chi connectivity index (χ1n) is 15.1. The first kappa shape index (κ1) is 34.2. The Kier molecular flexibility index (Phi) is 9.90. The van der Waals surface area contributed by atoms with Crippen molar-refractivity contribution in [2.45, 2.75) is 44.2 Å². The first-order valence-corrected chi connectivity index (χ1v) is 15.1. The van der Waals surface area contributed by atoms with E-state index in [0.29, 0.717) is 6.42 Å². The minimum atomic E-state index is -1.82. The number of benzene rings is 2. The number of amidine groups is 1. The second-order valence-corrected chi connectivity index (χ2v) is 11.6. The molecule has 0 bridgehead atoms. The van der Waals surface area contributed by atoms with Crippen molar-refractivity contribution < 1.29 is 53.0 Å². The Morgan fingerprint density at radius 3 is 2.65 bits per heavy atom. The number of carbonyl (C=O) groups is 4. The zero-order valence-electron chi connectivity index (χ0n) is 25.7. The minimum absolute atomic E-state index is 0.0465. The number of phenolic OH excluding ortho intramolecular Hbond substituents is 2. The van der Waals surface area contributed by atoms with Crippen LogP contribution >= 0.6 is 0 Å². The summed E-state index contributed by atoms with van der Waals surface area (Å²) >= 11 is 0. The van der Waals surface area contributed by atoms with Crippen molar-refractivity contribution in [3.63, 3.8) is 0 Å². The van der Waals surface area contributed by atoms with Gasteiger partial charge >= 0.3 is 25.1 Å². The van der Waals surface area contributed by atoms with Crippen molar-refractivity contribution in [3.8, 4) is 17.2 Å². The van der Waals surface area contributed by atoms with E-state index in [-0.39, 0.29) is 61.2 Å². The molecular formula is C29H34BF2N7O9. The van der Waals surface area contributed by atoms with Gasteiger partial charge in [0.1, 0.15) is 34.9 Å². The number of nitrogens with two attached hydrogens (primary N) is 1. The number of carbonyl (C=O) groups excluding carboxylic acids is 3.